The Morgan fingerprint density at radius 2 is 1.27 bits per heavy atom. The smallest absolute Gasteiger partial charge is 0.159 e. The molecule has 0 radical (unpaired) electrons. The van der Waals surface area contributed by atoms with E-state index in [1.165, 1.54) is 44.5 Å². The molecule has 3 nitrogen and oxygen atoms in total. The zero-order valence-corrected chi connectivity index (χ0v) is 27.9. The molecule has 3 unspecified atom stereocenters. The Bertz CT molecular complexity index is 2200. The van der Waals surface area contributed by atoms with Gasteiger partial charge in [0.2, 0.25) is 0 Å². The largest absolute Gasteiger partial charge is 0.344 e. The lowest BCUT2D eigenvalue weighted by atomic mass is 9.70. The van der Waals surface area contributed by atoms with E-state index >= 15 is 0 Å². The Kier molecular flexibility index (Phi) is 6.39. The highest BCUT2D eigenvalue weighted by molar-refractivity contribution is 6.13. The average molecular weight is 622 g/mol. The number of nitrogens with zero attached hydrogens (tertiary/aromatic N) is 2. The van der Waals surface area contributed by atoms with E-state index in [1.54, 1.807) is 0 Å². The maximum Gasteiger partial charge on any atom is 0.159 e. The first-order valence-electron chi connectivity index (χ1n) is 17.1. The molecule has 1 aliphatic heterocycles. The first-order chi connectivity index (χ1) is 23.3. The lowest BCUT2D eigenvalue weighted by Gasteiger charge is -2.33. The Balaban J connectivity index is 1.06. The van der Waals surface area contributed by atoms with Crippen molar-refractivity contribution in [2.45, 2.75) is 50.6 Å². The van der Waals surface area contributed by atoms with Gasteiger partial charge in [0.1, 0.15) is 12.0 Å². The van der Waals surface area contributed by atoms with Crippen LogP contribution in [0, 0.1) is 5.92 Å². The van der Waals surface area contributed by atoms with E-state index < -0.39 is 0 Å². The molecule has 0 saturated heterocycles. The van der Waals surface area contributed by atoms with Crippen molar-refractivity contribution < 1.29 is 0 Å². The van der Waals surface area contributed by atoms with E-state index in [-0.39, 0.29) is 17.0 Å². The minimum Gasteiger partial charge on any atom is -0.344 e. The number of hydrogen-bond donors (Lipinski definition) is 1. The molecular weight excluding hydrogens is 583 g/mol. The van der Waals surface area contributed by atoms with Gasteiger partial charge in [-0.3, -0.25) is 0 Å². The van der Waals surface area contributed by atoms with E-state index in [0.717, 1.165) is 28.4 Å². The van der Waals surface area contributed by atoms with Crippen LogP contribution in [-0.2, 0) is 10.8 Å². The maximum absolute atomic E-state index is 5.07. The highest BCUT2D eigenvalue weighted by Gasteiger charge is 2.49. The molecule has 0 amide bonds. The lowest BCUT2D eigenvalue weighted by molar-refractivity contribution is 0.393. The van der Waals surface area contributed by atoms with Crippen molar-refractivity contribution in [2.24, 2.45) is 15.9 Å². The highest BCUT2D eigenvalue weighted by Crippen LogP contribution is 2.60. The second-order valence-corrected chi connectivity index (χ2v) is 14.7. The van der Waals surface area contributed by atoms with Crippen molar-refractivity contribution >= 4 is 17.2 Å². The number of fused-ring (bicyclic) bond motifs is 6. The van der Waals surface area contributed by atoms with Gasteiger partial charge in [-0.1, -0.05) is 161 Å². The molecule has 5 aromatic carbocycles. The maximum atomic E-state index is 5.07. The van der Waals surface area contributed by atoms with Gasteiger partial charge in [0.05, 0.1) is 0 Å². The van der Waals surface area contributed by atoms with Gasteiger partial charge in [0.15, 0.2) is 5.84 Å². The Labute approximate surface area is 283 Å². The van der Waals surface area contributed by atoms with Crippen molar-refractivity contribution in [2.75, 3.05) is 0 Å². The molecule has 0 aromatic heterocycles. The van der Waals surface area contributed by atoms with Gasteiger partial charge in [0.25, 0.3) is 0 Å². The summed E-state index contributed by atoms with van der Waals surface area (Å²) in [5, 5.41) is 3.60. The third-order valence-corrected chi connectivity index (χ3v) is 11.3. The minimum atomic E-state index is -0.241. The fourth-order valence-corrected chi connectivity index (χ4v) is 8.59. The predicted octanol–water partition coefficient (Wildman–Crippen LogP) is 10.2. The molecule has 9 rings (SSSR count). The molecule has 1 heterocycles. The zero-order chi connectivity index (χ0) is 32.6. The van der Waals surface area contributed by atoms with E-state index in [0.29, 0.717) is 11.8 Å². The molecular formula is C45H39N3. The van der Waals surface area contributed by atoms with Crippen LogP contribution in [0.4, 0.5) is 0 Å². The van der Waals surface area contributed by atoms with Gasteiger partial charge in [-0.2, -0.15) is 0 Å². The van der Waals surface area contributed by atoms with Crippen molar-refractivity contribution in [1.29, 1.82) is 0 Å². The topological polar surface area (TPSA) is 36.8 Å². The number of nitrogens with one attached hydrogen (secondary N) is 1. The zero-order valence-electron chi connectivity index (χ0n) is 27.9. The fraction of sp³-hybridized carbons (Fsp3) is 0.200. The van der Waals surface area contributed by atoms with Crippen molar-refractivity contribution in [3.63, 3.8) is 0 Å². The SMILES string of the molecule is CC1(C)C2=CC3c4ccccc4C(C)(C)C3C=C2c2cc(-c3ccc(C4N=C(c5ccccc5)N=C(c5ccccc5)N4)cc3)ccc21. The lowest BCUT2D eigenvalue weighted by Crippen LogP contribution is -2.33. The van der Waals surface area contributed by atoms with Crippen LogP contribution in [0.25, 0.3) is 16.7 Å². The summed E-state index contributed by atoms with van der Waals surface area (Å²) >= 11 is 0. The highest BCUT2D eigenvalue weighted by atomic mass is 15.2. The second kappa shape index (κ2) is 10.6. The molecule has 48 heavy (non-hydrogen) atoms. The van der Waals surface area contributed by atoms with Crippen LogP contribution in [0.2, 0.25) is 0 Å². The molecule has 3 atom stereocenters. The van der Waals surface area contributed by atoms with Gasteiger partial charge in [-0.25, -0.2) is 9.98 Å². The fourth-order valence-electron chi connectivity index (χ4n) is 8.59. The normalized spacial score (nSPS) is 22.5. The van der Waals surface area contributed by atoms with Crippen LogP contribution < -0.4 is 5.32 Å². The Morgan fingerprint density at radius 1 is 0.604 bits per heavy atom. The number of amidine groups is 2. The third-order valence-electron chi connectivity index (χ3n) is 11.3. The van der Waals surface area contributed by atoms with Crippen LogP contribution >= 0.6 is 0 Å². The molecule has 234 valence electrons. The molecule has 5 aromatic rings. The van der Waals surface area contributed by atoms with Crippen LogP contribution in [0.1, 0.15) is 78.7 Å². The molecule has 3 heteroatoms. The number of aliphatic imine (C=N–C) groups is 2. The summed E-state index contributed by atoms with van der Waals surface area (Å²) in [7, 11) is 0. The standard InChI is InChI=1S/C45H39N3/c1-44(2)37-18-12-11-17-33(37)35-26-40-36(27-39(35)44)34-25-32(23-24-38(34)45(40,3)4)28-19-21-31(22-20-28)43-47-41(29-13-7-5-8-14-29)46-42(48-43)30-15-9-6-10-16-30/h5-27,35,39,43H,1-4H3,(H,46,47,48). The van der Waals surface area contributed by atoms with Gasteiger partial charge in [-0.15, -0.1) is 0 Å². The van der Waals surface area contributed by atoms with Crippen molar-refractivity contribution in [1.82, 2.24) is 5.32 Å². The van der Waals surface area contributed by atoms with E-state index in [9.17, 15) is 0 Å². The van der Waals surface area contributed by atoms with Crippen molar-refractivity contribution in [3.8, 4) is 11.1 Å². The van der Waals surface area contributed by atoms with Crippen molar-refractivity contribution in [3.05, 3.63) is 184 Å². The van der Waals surface area contributed by atoms with Gasteiger partial charge in [-0.05, 0) is 67.5 Å². The van der Waals surface area contributed by atoms with Crippen LogP contribution in [0.5, 0.6) is 0 Å². The summed E-state index contributed by atoms with van der Waals surface area (Å²) in [5.74, 6) is 2.46. The third kappa shape index (κ3) is 4.41. The number of benzene rings is 5. The predicted molar refractivity (Wildman–Crippen MR) is 198 cm³/mol. The first kappa shape index (κ1) is 28.9. The van der Waals surface area contributed by atoms with Crippen LogP contribution in [-0.4, -0.2) is 11.7 Å². The molecule has 4 aliphatic rings. The van der Waals surface area contributed by atoms with Gasteiger partial charge >= 0.3 is 0 Å². The number of rotatable bonds is 4. The van der Waals surface area contributed by atoms with Crippen LogP contribution in [0.15, 0.2) is 155 Å². The Morgan fingerprint density at radius 3 is 2.02 bits per heavy atom. The molecule has 0 bridgehead atoms. The number of allylic oxidation sites excluding steroid dienone is 4. The summed E-state index contributed by atoms with van der Waals surface area (Å²) in [6.07, 6.45) is 4.98. The quantitative estimate of drug-likeness (QED) is 0.213. The molecule has 3 aliphatic carbocycles. The summed E-state index contributed by atoms with van der Waals surface area (Å²) in [5.41, 5.74) is 14.4. The van der Waals surface area contributed by atoms with E-state index in [4.69, 9.17) is 9.98 Å². The summed E-state index contributed by atoms with van der Waals surface area (Å²) in [4.78, 5) is 9.99. The first-order valence-corrected chi connectivity index (χ1v) is 17.1. The molecule has 0 spiro atoms. The van der Waals surface area contributed by atoms with Crippen LogP contribution in [0.3, 0.4) is 0 Å². The summed E-state index contributed by atoms with van der Waals surface area (Å²) in [6, 6.07) is 45.6. The van der Waals surface area contributed by atoms with E-state index in [2.05, 4.69) is 136 Å². The summed E-state index contributed by atoms with van der Waals surface area (Å²) < 4.78 is 0. The second-order valence-electron chi connectivity index (χ2n) is 14.7. The van der Waals surface area contributed by atoms with Gasteiger partial charge in [0, 0.05) is 22.5 Å². The number of hydrogen-bond acceptors (Lipinski definition) is 3. The molecule has 1 N–H and O–H groups in total. The molecule has 0 fully saturated rings. The monoisotopic (exact) mass is 621 g/mol. The van der Waals surface area contributed by atoms with E-state index in [1.807, 2.05) is 36.4 Å². The molecule has 0 saturated carbocycles. The summed E-state index contributed by atoms with van der Waals surface area (Å²) in [6.45, 7) is 9.64. The Hall–Kier alpha value is -5.28. The van der Waals surface area contributed by atoms with Gasteiger partial charge < -0.3 is 5.32 Å². The average Bonchev–Trinajstić information content (AvgIpc) is 3.50. The minimum absolute atomic E-state index is 0.0324.